The second kappa shape index (κ2) is 5.32. The third-order valence-corrected chi connectivity index (χ3v) is 3.61. The molecule has 0 bridgehead atoms. The summed E-state index contributed by atoms with van der Waals surface area (Å²) in [6, 6.07) is 9.99. The van der Waals surface area contributed by atoms with Crippen molar-refractivity contribution in [2.75, 3.05) is 6.54 Å². The van der Waals surface area contributed by atoms with Crippen LogP contribution in [0.15, 0.2) is 30.3 Å². The molecule has 3 nitrogen and oxygen atoms in total. The number of carboxylic acids is 1. The number of likely N-dealkylation sites (tertiary alicyclic amines) is 1. The van der Waals surface area contributed by atoms with Crippen LogP contribution in [0.25, 0.3) is 0 Å². The van der Waals surface area contributed by atoms with Crippen molar-refractivity contribution in [1.82, 2.24) is 4.90 Å². The van der Waals surface area contributed by atoms with Crippen molar-refractivity contribution < 1.29 is 9.90 Å². The Labute approximate surface area is 102 Å². The van der Waals surface area contributed by atoms with Gasteiger partial charge in [0.25, 0.3) is 0 Å². The summed E-state index contributed by atoms with van der Waals surface area (Å²) < 4.78 is 0. The zero-order chi connectivity index (χ0) is 12.3. The van der Waals surface area contributed by atoms with E-state index in [-0.39, 0.29) is 12.1 Å². The molecule has 1 fully saturated rings. The molecule has 1 saturated heterocycles. The lowest BCUT2D eigenvalue weighted by atomic mass is 9.97. The number of carboxylic acid groups (broad SMARTS) is 1. The van der Waals surface area contributed by atoms with E-state index in [1.54, 1.807) is 0 Å². The first-order valence-corrected chi connectivity index (χ1v) is 6.23. The maximum atomic E-state index is 11.3. The highest BCUT2D eigenvalue weighted by Gasteiger charge is 2.31. The van der Waals surface area contributed by atoms with Crippen LogP contribution in [0.2, 0.25) is 0 Å². The van der Waals surface area contributed by atoms with Crippen LogP contribution >= 0.6 is 0 Å². The van der Waals surface area contributed by atoms with E-state index in [1.165, 1.54) is 5.56 Å². The molecule has 1 aromatic rings. The summed E-state index contributed by atoms with van der Waals surface area (Å²) >= 11 is 0. The Balaban J connectivity index is 2.16. The highest BCUT2D eigenvalue weighted by atomic mass is 16.4. The average Bonchev–Trinajstić information content (AvgIpc) is 2.39. The molecule has 0 aliphatic carbocycles. The predicted molar refractivity (Wildman–Crippen MR) is 66.8 cm³/mol. The van der Waals surface area contributed by atoms with Crippen LogP contribution in [-0.4, -0.2) is 28.6 Å². The van der Waals surface area contributed by atoms with Gasteiger partial charge in [-0.2, -0.15) is 0 Å². The van der Waals surface area contributed by atoms with Gasteiger partial charge in [0.05, 0.1) is 0 Å². The number of aliphatic carboxylic acids is 1. The minimum atomic E-state index is -0.688. The normalized spacial score (nSPS) is 23.2. The minimum absolute atomic E-state index is 0.178. The maximum absolute atomic E-state index is 11.3. The summed E-state index contributed by atoms with van der Waals surface area (Å²) in [4.78, 5) is 13.4. The van der Waals surface area contributed by atoms with Crippen LogP contribution in [0, 0.1) is 0 Å². The van der Waals surface area contributed by atoms with Crippen molar-refractivity contribution in [2.45, 2.75) is 38.3 Å². The van der Waals surface area contributed by atoms with Gasteiger partial charge < -0.3 is 5.11 Å². The number of benzene rings is 1. The van der Waals surface area contributed by atoms with E-state index < -0.39 is 5.97 Å². The Bertz CT molecular complexity index is 377. The van der Waals surface area contributed by atoms with Crippen molar-refractivity contribution in [3.63, 3.8) is 0 Å². The molecule has 1 aromatic carbocycles. The zero-order valence-electron chi connectivity index (χ0n) is 10.2. The molecule has 1 N–H and O–H groups in total. The molecule has 92 valence electrons. The van der Waals surface area contributed by atoms with Crippen LogP contribution in [-0.2, 0) is 4.79 Å². The largest absolute Gasteiger partial charge is 0.480 e. The summed E-state index contributed by atoms with van der Waals surface area (Å²) in [6.07, 6.45) is 2.89. The Hall–Kier alpha value is -1.35. The number of piperidine rings is 1. The zero-order valence-corrected chi connectivity index (χ0v) is 10.2. The summed E-state index contributed by atoms with van der Waals surface area (Å²) in [6.45, 7) is 2.98. The van der Waals surface area contributed by atoms with E-state index in [0.29, 0.717) is 0 Å². The van der Waals surface area contributed by atoms with Gasteiger partial charge in [0.2, 0.25) is 0 Å². The SMILES string of the molecule is C[C@@H](c1ccccc1)N1CCCCC1C(=O)O. The quantitative estimate of drug-likeness (QED) is 0.872. The molecule has 17 heavy (non-hydrogen) atoms. The van der Waals surface area contributed by atoms with Gasteiger partial charge in [-0.3, -0.25) is 9.69 Å². The third-order valence-electron chi connectivity index (χ3n) is 3.61. The lowest BCUT2D eigenvalue weighted by Gasteiger charge is -2.37. The van der Waals surface area contributed by atoms with E-state index in [1.807, 2.05) is 18.2 Å². The molecule has 3 heteroatoms. The van der Waals surface area contributed by atoms with Crippen LogP contribution < -0.4 is 0 Å². The molecule has 0 spiro atoms. The first kappa shape index (κ1) is 12.1. The van der Waals surface area contributed by atoms with Crippen molar-refractivity contribution >= 4 is 5.97 Å². The van der Waals surface area contributed by atoms with Gasteiger partial charge in [0.15, 0.2) is 0 Å². The topological polar surface area (TPSA) is 40.5 Å². The second-order valence-electron chi connectivity index (χ2n) is 4.67. The Morgan fingerprint density at radius 3 is 2.71 bits per heavy atom. The summed E-state index contributed by atoms with van der Waals surface area (Å²) in [5.74, 6) is -0.688. The number of hydrogen-bond donors (Lipinski definition) is 1. The molecular weight excluding hydrogens is 214 g/mol. The fraction of sp³-hybridized carbons (Fsp3) is 0.500. The predicted octanol–water partition coefficient (Wildman–Crippen LogP) is 2.69. The molecule has 1 aliphatic rings. The number of hydrogen-bond acceptors (Lipinski definition) is 2. The number of nitrogens with zero attached hydrogens (tertiary/aromatic N) is 1. The molecule has 1 heterocycles. The maximum Gasteiger partial charge on any atom is 0.320 e. The molecule has 0 saturated carbocycles. The Morgan fingerprint density at radius 1 is 1.35 bits per heavy atom. The van der Waals surface area contributed by atoms with Crippen molar-refractivity contribution in [3.05, 3.63) is 35.9 Å². The van der Waals surface area contributed by atoms with E-state index in [0.717, 1.165) is 25.8 Å². The van der Waals surface area contributed by atoms with Gasteiger partial charge in [-0.05, 0) is 31.9 Å². The highest BCUT2D eigenvalue weighted by Crippen LogP contribution is 2.28. The first-order chi connectivity index (χ1) is 8.20. The van der Waals surface area contributed by atoms with Crippen LogP contribution in [0.3, 0.4) is 0 Å². The lowest BCUT2D eigenvalue weighted by molar-refractivity contribution is -0.145. The standard InChI is InChI=1S/C14H19NO2/c1-11(12-7-3-2-4-8-12)15-10-6-5-9-13(15)14(16)17/h2-4,7-8,11,13H,5-6,9-10H2,1H3,(H,16,17)/t11-,13?/m0/s1. The molecule has 0 amide bonds. The summed E-state index contributed by atoms with van der Waals surface area (Å²) in [7, 11) is 0. The van der Waals surface area contributed by atoms with Gasteiger partial charge in [-0.1, -0.05) is 36.8 Å². The van der Waals surface area contributed by atoms with Crippen molar-refractivity contribution in [2.24, 2.45) is 0 Å². The summed E-state index contributed by atoms with van der Waals surface area (Å²) in [5, 5.41) is 9.26. The average molecular weight is 233 g/mol. The summed E-state index contributed by atoms with van der Waals surface area (Å²) in [5.41, 5.74) is 1.20. The van der Waals surface area contributed by atoms with E-state index in [2.05, 4.69) is 24.0 Å². The van der Waals surface area contributed by atoms with Crippen LogP contribution in [0.1, 0.15) is 37.8 Å². The van der Waals surface area contributed by atoms with E-state index >= 15 is 0 Å². The minimum Gasteiger partial charge on any atom is -0.480 e. The van der Waals surface area contributed by atoms with Gasteiger partial charge in [-0.25, -0.2) is 0 Å². The van der Waals surface area contributed by atoms with Crippen molar-refractivity contribution in [1.29, 1.82) is 0 Å². The van der Waals surface area contributed by atoms with Gasteiger partial charge >= 0.3 is 5.97 Å². The fourth-order valence-corrected chi connectivity index (χ4v) is 2.61. The molecule has 0 radical (unpaired) electrons. The van der Waals surface area contributed by atoms with Crippen LogP contribution in [0.4, 0.5) is 0 Å². The fourth-order valence-electron chi connectivity index (χ4n) is 2.61. The van der Waals surface area contributed by atoms with Crippen molar-refractivity contribution in [3.8, 4) is 0 Å². The molecule has 2 rings (SSSR count). The Morgan fingerprint density at radius 2 is 2.06 bits per heavy atom. The van der Waals surface area contributed by atoms with Gasteiger partial charge in [0, 0.05) is 6.04 Å². The first-order valence-electron chi connectivity index (χ1n) is 6.23. The number of carbonyl (C=O) groups is 1. The van der Waals surface area contributed by atoms with Gasteiger partial charge in [0.1, 0.15) is 6.04 Å². The Kier molecular flexibility index (Phi) is 3.79. The van der Waals surface area contributed by atoms with Gasteiger partial charge in [-0.15, -0.1) is 0 Å². The van der Waals surface area contributed by atoms with E-state index in [9.17, 15) is 9.90 Å². The molecule has 0 aromatic heterocycles. The lowest BCUT2D eigenvalue weighted by Crippen LogP contribution is -2.45. The monoisotopic (exact) mass is 233 g/mol. The second-order valence-corrected chi connectivity index (χ2v) is 4.67. The molecule has 1 unspecified atom stereocenters. The smallest absolute Gasteiger partial charge is 0.320 e. The highest BCUT2D eigenvalue weighted by molar-refractivity contribution is 5.73. The van der Waals surface area contributed by atoms with Crippen LogP contribution in [0.5, 0.6) is 0 Å². The third kappa shape index (κ3) is 2.67. The van der Waals surface area contributed by atoms with E-state index in [4.69, 9.17) is 0 Å². The number of rotatable bonds is 3. The molecular formula is C14H19NO2. The molecule has 1 aliphatic heterocycles. The molecule has 2 atom stereocenters.